The van der Waals surface area contributed by atoms with Gasteiger partial charge in [0.05, 0.1) is 6.26 Å². The van der Waals surface area contributed by atoms with Crippen LogP contribution in [0, 0.1) is 0 Å². The third-order valence-corrected chi connectivity index (χ3v) is 5.04. The van der Waals surface area contributed by atoms with Crippen molar-refractivity contribution in [2.75, 3.05) is 39.8 Å². The van der Waals surface area contributed by atoms with E-state index in [9.17, 15) is 4.79 Å². The zero-order chi connectivity index (χ0) is 16.2. The highest BCUT2D eigenvalue weighted by molar-refractivity contribution is 7.13. The minimum atomic E-state index is -0.125. The largest absolute Gasteiger partial charge is 0.462 e. The summed E-state index contributed by atoms with van der Waals surface area (Å²) in [5, 5.41) is 5.49. The van der Waals surface area contributed by atoms with Gasteiger partial charge in [0.2, 0.25) is 0 Å². The van der Waals surface area contributed by atoms with Gasteiger partial charge in [0.1, 0.15) is 5.69 Å². The fourth-order valence-electron chi connectivity index (χ4n) is 2.61. The van der Waals surface area contributed by atoms with Crippen LogP contribution in [0.2, 0.25) is 0 Å². The molecule has 0 aliphatic carbocycles. The highest BCUT2D eigenvalue weighted by atomic mass is 32.1. The second-order valence-corrected chi connectivity index (χ2v) is 6.77. The second kappa shape index (κ2) is 7.25. The summed E-state index contributed by atoms with van der Waals surface area (Å²) in [6.45, 7) is 7.05. The standard InChI is InChI=1S/C16H22N4O2S/c1-12(20-7-5-19(2)6-8-20)10-17-15(21)13-11-23-16(18-13)14-4-3-9-22-14/h3-4,9,11-12H,5-8,10H2,1-2H3,(H,17,21)/t12-/m1/s1. The molecule has 3 rings (SSSR count). The molecule has 0 unspecified atom stereocenters. The molecule has 1 aliphatic rings. The van der Waals surface area contributed by atoms with Crippen molar-refractivity contribution >= 4 is 17.2 Å². The molecule has 7 heteroatoms. The van der Waals surface area contributed by atoms with Crippen molar-refractivity contribution in [2.45, 2.75) is 13.0 Å². The van der Waals surface area contributed by atoms with Crippen LogP contribution in [0.3, 0.4) is 0 Å². The van der Waals surface area contributed by atoms with Gasteiger partial charge in [-0.15, -0.1) is 11.3 Å². The zero-order valence-electron chi connectivity index (χ0n) is 13.5. The summed E-state index contributed by atoms with van der Waals surface area (Å²) in [6, 6.07) is 3.99. The van der Waals surface area contributed by atoms with E-state index in [1.807, 2.05) is 12.1 Å². The average molecular weight is 334 g/mol. The van der Waals surface area contributed by atoms with Crippen molar-refractivity contribution in [1.29, 1.82) is 0 Å². The lowest BCUT2D eigenvalue weighted by molar-refractivity contribution is 0.0900. The van der Waals surface area contributed by atoms with E-state index in [0.717, 1.165) is 31.2 Å². The molecule has 1 saturated heterocycles. The van der Waals surface area contributed by atoms with Crippen molar-refractivity contribution < 1.29 is 9.21 Å². The van der Waals surface area contributed by atoms with Gasteiger partial charge >= 0.3 is 0 Å². The summed E-state index contributed by atoms with van der Waals surface area (Å²) < 4.78 is 5.30. The number of furan rings is 1. The smallest absolute Gasteiger partial charge is 0.270 e. The maximum atomic E-state index is 12.2. The van der Waals surface area contributed by atoms with Crippen molar-refractivity contribution in [1.82, 2.24) is 20.1 Å². The van der Waals surface area contributed by atoms with Crippen LogP contribution in [-0.4, -0.2) is 66.5 Å². The highest BCUT2D eigenvalue weighted by Crippen LogP contribution is 2.23. The van der Waals surface area contributed by atoms with Crippen LogP contribution in [0.5, 0.6) is 0 Å². The molecule has 1 aliphatic heterocycles. The van der Waals surface area contributed by atoms with Gasteiger partial charge in [0.25, 0.3) is 5.91 Å². The van der Waals surface area contributed by atoms with E-state index in [4.69, 9.17) is 4.42 Å². The van der Waals surface area contributed by atoms with Gasteiger partial charge in [-0.05, 0) is 26.1 Å². The SMILES string of the molecule is C[C@H](CNC(=O)c1csc(-c2ccco2)n1)N1CCN(C)CC1. The second-order valence-electron chi connectivity index (χ2n) is 5.91. The van der Waals surface area contributed by atoms with E-state index in [2.05, 4.69) is 34.1 Å². The predicted octanol–water partition coefficient (Wildman–Crippen LogP) is 1.77. The van der Waals surface area contributed by atoms with Crippen molar-refractivity contribution in [3.63, 3.8) is 0 Å². The van der Waals surface area contributed by atoms with Crippen LogP contribution in [0.1, 0.15) is 17.4 Å². The number of amides is 1. The van der Waals surface area contributed by atoms with Crippen LogP contribution in [-0.2, 0) is 0 Å². The van der Waals surface area contributed by atoms with Crippen LogP contribution in [0.25, 0.3) is 10.8 Å². The fraction of sp³-hybridized carbons (Fsp3) is 0.500. The fourth-order valence-corrected chi connectivity index (χ4v) is 3.38. The zero-order valence-corrected chi connectivity index (χ0v) is 14.3. The van der Waals surface area contributed by atoms with Gasteiger partial charge < -0.3 is 14.6 Å². The average Bonchev–Trinajstić information content (AvgIpc) is 3.23. The molecular formula is C16H22N4O2S. The Kier molecular flexibility index (Phi) is 5.09. The lowest BCUT2D eigenvalue weighted by atomic mass is 10.2. The Labute approximate surface area is 140 Å². The molecule has 124 valence electrons. The molecule has 0 spiro atoms. The molecule has 0 bridgehead atoms. The molecule has 2 aromatic rings. The number of nitrogens with zero attached hydrogens (tertiary/aromatic N) is 3. The third kappa shape index (κ3) is 3.99. The van der Waals surface area contributed by atoms with E-state index < -0.39 is 0 Å². The molecular weight excluding hydrogens is 312 g/mol. The number of aromatic nitrogens is 1. The van der Waals surface area contributed by atoms with E-state index >= 15 is 0 Å². The van der Waals surface area contributed by atoms with Crippen LogP contribution in [0.15, 0.2) is 28.2 Å². The lowest BCUT2D eigenvalue weighted by Crippen LogP contribution is -2.51. The maximum absolute atomic E-state index is 12.2. The Morgan fingerprint density at radius 2 is 2.22 bits per heavy atom. The van der Waals surface area contributed by atoms with Gasteiger partial charge in [0, 0.05) is 44.1 Å². The molecule has 1 N–H and O–H groups in total. The minimum absolute atomic E-state index is 0.125. The van der Waals surface area contributed by atoms with E-state index in [1.54, 1.807) is 11.6 Å². The van der Waals surface area contributed by atoms with E-state index in [-0.39, 0.29) is 5.91 Å². The van der Waals surface area contributed by atoms with E-state index in [1.165, 1.54) is 11.3 Å². The minimum Gasteiger partial charge on any atom is -0.462 e. The molecule has 0 saturated carbocycles. The van der Waals surface area contributed by atoms with E-state index in [0.29, 0.717) is 24.0 Å². The third-order valence-electron chi connectivity index (χ3n) is 4.19. The first-order valence-corrected chi connectivity index (χ1v) is 8.71. The van der Waals surface area contributed by atoms with Crippen molar-refractivity contribution in [3.05, 3.63) is 29.5 Å². The van der Waals surface area contributed by atoms with Gasteiger partial charge in [-0.2, -0.15) is 0 Å². The van der Waals surface area contributed by atoms with Gasteiger partial charge in [0.15, 0.2) is 10.8 Å². The van der Waals surface area contributed by atoms with Crippen LogP contribution >= 0.6 is 11.3 Å². The van der Waals surface area contributed by atoms with Crippen LogP contribution in [0.4, 0.5) is 0 Å². The molecule has 0 aromatic carbocycles. The first kappa shape index (κ1) is 16.2. The molecule has 0 radical (unpaired) electrons. The number of hydrogen-bond acceptors (Lipinski definition) is 6. The van der Waals surface area contributed by atoms with Crippen molar-refractivity contribution in [3.8, 4) is 10.8 Å². The lowest BCUT2D eigenvalue weighted by Gasteiger charge is -2.36. The van der Waals surface area contributed by atoms with Crippen LogP contribution < -0.4 is 5.32 Å². The molecule has 3 heterocycles. The summed E-state index contributed by atoms with van der Waals surface area (Å²) in [6.07, 6.45) is 1.61. The number of carbonyl (C=O) groups excluding carboxylic acids is 1. The topological polar surface area (TPSA) is 61.6 Å². The summed E-state index contributed by atoms with van der Waals surface area (Å²) in [5.41, 5.74) is 0.451. The van der Waals surface area contributed by atoms with Gasteiger partial charge in [-0.25, -0.2) is 4.98 Å². The summed E-state index contributed by atoms with van der Waals surface area (Å²) in [7, 11) is 2.14. The molecule has 2 aromatic heterocycles. The number of hydrogen-bond donors (Lipinski definition) is 1. The number of nitrogens with one attached hydrogen (secondary N) is 1. The number of rotatable bonds is 5. The van der Waals surface area contributed by atoms with Gasteiger partial charge in [-0.3, -0.25) is 9.69 Å². The highest BCUT2D eigenvalue weighted by Gasteiger charge is 2.20. The summed E-state index contributed by atoms with van der Waals surface area (Å²) >= 11 is 1.42. The first-order valence-electron chi connectivity index (χ1n) is 7.83. The number of likely N-dealkylation sites (N-methyl/N-ethyl adjacent to an activating group) is 1. The Morgan fingerprint density at radius 1 is 1.43 bits per heavy atom. The van der Waals surface area contributed by atoms with Gasteiger partial charge in [-0.1, -0.05) is 0 Å². The Bertz CT molecular complexity index is 632. The predicted molar refractivity (Wildman–Crippen MR) is 90.7 cm³/mol. The Balaban J connectivity index is 1.51. The normalized spacial score (nSPS) is 18.0. The van der Waals surface area contributed by atoms with Crippen molar-refractivity contribution in [2.24, 2.45) is 0 Å². The molecule has 1 amide bonds. The summed E-state index contributed by atoms with van der Waals surface area (Å²) in [4.78, 5) is 21.3. The summed E-state index contributed by atoms with van der Waals surface area (Å²) in [5.74, 6) is 0.569. The quantitative estimate of drug-likeness (QED) is 0.903. The number of carbonyl (C=O) groups is 1. The molecule has 1 fully saturated rings. The first-order chi connectivity index (χ1) is 11.1. The molecule has 1 atom stereocenters. The maximum Gasteiger partial charge on any atom is 0.270 e. The monoisotopic (exact) mass is 334 g/mol. The molecule has 6 nitrogen and oxygen atoms in total. The number of piperazine rings is 1. The number of thiazole rings is 1. The Hall–Kier alpha value is -1.70. The molecule has 23 heavy (non-hydrogen) atoms. The Morgan fingerprint density at radius 3 is 2.91 bits per heavy atom.